The molecule has 132 valence electrons. The van der Waals surface area contributed by atoms with E-state index in [4.69, 9.17) is 9.47 Å². The van der Waals surface area contributed by atoms with Gasteiger partial charge >= 0.3 is 0 Å². The van der Waals surface area contributed by atoms with Crippen LogP contribution in [0.5, 0.6) is 11.5 Å². The van der Waals surface area contributed by atoms with Gasteiger partial charge in [-0.15, -0.1) is 11.8 Å². The molecule has 0 N–H and O–H groups in total. The molecular weight excluding hydrogens is 341 g/mol. The minimum Gasteiger partial charge on any atom is -0.497 e. The Morgan fingerprint density at radius 1 is 1.20 bits per heavy atom. The lowest BCUT2D eigenvalue weighted by molar-refractivity contribution is -0.130. The third-order valence-corrected chi connectivity index (χ3v) is 5.43. The van der Waals surface area contributed by atoms with E-state index in [-0.39, 0.29) is 23.5 Å². The second kappa shape index (κ2) is 7.78. The van der Waals surface area contributed by atoms with E-state index in [0.29, 0.717) is 6.54 Å². The zero-order chi connectivity index (χ0) is 17.8. The molecule has 1 saturated heterocycles. The van der Waals surface area contributed by atoms with Crippen LogP contribution in [0.4, 0.5) is 4.39 Å². The summed E-state index contributed by atoms with van der Waals surface area (Å²) in [5.74, 6) is 2.05. The van der Waals surface area contributed by atoms with Crippen molar-refractivity contribution < 1.29 is 18.7 Å². The van der Waals surface area contributed by atoms with E-state index in [1.54, 1.807) is 38.1 Å². The van der Waals surface area contributed by atoms with E-state index in [1.807, 2.05) is 23.1 Å². The van der Waals surface area contributed by atoms with Gasteiger partial charge in [-0.05, 0) is 35.9 Å². The third-order valence-electron chi connectivity index (χ3n) is 4.18. The highest BCUT2D eigenvalue weighted by Gasteiger charge is 2.32. The molecular formula is C19H20FNO3S. The van der Waals surface area contributed by atoms with Crippen LogP contribution in [0.25, 0.3) is 0 Å². The maximum absolute atomic E-state index is 13.0. The molecule has 1 unspecified atom stereocenters. The number of methoxy groups -OCH3 is 2. The van der Waals surface area contributed by atoms with Gasteiger partial charge in [-0.25, -0.2) is 4.39 Å². The Morgan fingerprint density at radius 2 is 1.96 bits per heavy atom. The molecule has 1 fully saturated rings. The molecule has 1 heterocycles. The normalized spacial score (nSPS) is 16.8. The Kier molecular flexibility index (Phi) is 5.48. The van der Waals surface area contributed by atoms with Crippen molar-refractivity contribution in [2.24, 2.45) is 0 Å². The van der Waals surface area contributed by atoms with Crippen molar-refractivity contribution in [3.63, 3.8) is 0 Å². The summed E-state index contributed by atoms with van der Waals surface area (Å²) in [5, 5.41) is -0.113. The maximum Gasteiger partial charge on any atom is 0.228 e. The topological polar surface area (TPSA) is 38.8 Å². The van der Waals surface area contributed by atoms with Gasteiger partial charge in [0, 0.05) is 17.9 Å². The molecule has 2 aromatic rings. The first kappa shape index (κ1) is 17.6. The fourth-order valence-electron chi connectivity index (χ4n) is 2.89. The van der Waals surface area contributed by atoms with E-state index in [1.165, 1.54) is 12.1 Å². The first-order valence-electron chi connectivity index (χ1n) is 8.00. The molecule has 1 atom stereocenters. The first-order valence-corrected chi connectivity index (χ1v) is 9.04. The number of halogens is 1. The monoisotopic (exact) mass is 361 g/mol. The van der Waals surface area contributed by atoms with Crippen LogP contribution in [0.15, 0.2) is 42.5 Å². The van der Waals surface area contributed by atoms with Crippen LogP contribution in [-0.2, 0) is 11.2 Å². The number of carbonyl (C=O) groups excluding carboxylic acids is 1. The smallest absolute Gasteiger partial charge is 0.228 e. The molecule has 0 bridgehead atoms. The van der Waals surface area contributed by atoms with E-state index < -0.39 is 0 Å². The number of ether oxygens (including phenoxy) is 2. The fourth-order valence-corrected chi connectivity index (χ4v) is 4.19. The summed E-state index contributed by atoms with van der Waals surface area (Å²) in [7, 11) is 3.24. The number of carbonyl (C=O) groups is 1. The van der Waals surface area contributed by atoms with Crippen LogP contribution < -0.4 is 9.47 Å². The molecule has 25 heavy (non-hydrogen) atoms. The van der Waals surface area contributed by atoms with Gasteiger partial charge < -0.3 is 14.4 Å². The average Bonchev–Trinajstić information content (AvgIpc) is 3.12. The lowest BCUT2D eigenvalue weighted by Crippen LogP contribution is -2.31. The SMILES string of the molecule is COc1ccc(OC)c(C2SCCN2C(=O)Cc2ccc(F)cc2)c1. The summed E-state index contributed by atoms with van der Waals surface area (Å²) in [6, 6.07) is 11.7. The van der Waals surface area contributed by atoms with Crippen molar-refractivity contribution in [3.8, 4) is 11.5 Å². The van der Waals surface area contributed by atoms with Gasteiger partial charge in [-0.1, -0.05) is 12.1 Å². The van der Waals surface area contributed by atoms with Crippen molar-refractivity contribution in [1.82, 2.24) is 4.90 Å². The predicted molar refractivity (Wildman–Crippen MR) is 96.6 cm³/mol. The maximum atomic E-state index is 13.0. The Morgan fingerprint density at radius 3 is 2.64 bits per heavy atom. The average molecular weight is 361 g/mol. The number of benzene rings is 2. The van der Waals surface area contributed by atoms with Crippen molar-refractivity contribution in [1.29, 1.82) is 0 Å². The second-order valence-electron chi connectivity index (χ2n) is 5.72. The number of amides is 1. The summed E-state index contributed by atoms with van der Waals surface area (Å²) < 4.78 is 23.8. The Hall–Kier alpha value is -2.21. The number of nitrogens with zero attached hydrogens (tertiary/aromatic N) is 1. The number of thioether (sulfide) groups is 1. The van der Waals surface area contributed by atoms with Crippen LogP contribution in [-0.4, -0.2) is 37.3 Å². The van der Waals surface area contributed by atoms with Crippen LogP contribution in [0.3, 0.4) is 0 Å². The van der Waals surface area contributed by atoms with Crippen LogP contribution >= 0.6 is 11.8 Å². The summed E-state index contributed by atoms with van der Waals surface area (Å²) >= 11 is 1.70. The fraction of sp³-hybridized carbons (Fsp3) is 0.316. The number of hydrogen-bond donors (Lipinski definition) is 0. The number of rotatable bonds is 5. The van der Waals surface area contributed by atoms with Crippen molar-refractivity contribution in [2.45, 2.75) is 11.8 Å². The summed E-state index contributed by atoms with van der Waals surface area (Å²) in [6.07, 6.45) is 0.254. The molecule has 1 aliphatic heterocycles. The van der Waals surface area contributed by atoms with E-state index in [9.17, 15) is 9.18 Å². The predicted octanol–water partition coefficient (Wildman–Crippen LogP) is 3.66. The van der Waals surface area contributed by atoms with Gasteiger partial charge in [0.05, 0.1) is 20.6 Å². The van der Waals surface area contributed by atoms with Gasteiger partial charge in [0.1, 0.15) is 22.7 Å². The van der Waals surface area contributed by atoms with E-state index in [0.717, 1.165) is 28.4 Å². The lowest BCUT2D eigenvalue weighted by Gasteiger charge is -2.26. The van der Waals surface area contributed by atoms with Crippen molar-refractivity contribution >= 4 is 17.7 Å². The van der Waals surface area contributed by atoms with Crippen LogP contribution in [0, 0.1) is 5.82 Å². The zero-order valence-corrected chi connectivity index (χ0v) is 15.0. The molecule has 2 aromatic carbocycles. The molecule has 6 heteroatoms. The second-order valence-corrected chi connectivity index (χ2v) is 6.91. The van der Waals surface area contributed by atoms with Gasteiger partial charge in [0.25, 0.3) is 0 Å². The minimum atomic E-state index is -0.299. The molecule has 0 saturated carbocycles. The molecule has 0 aliphatic carbocycles. The standard InChI is InChI=1S/C19H20FNO3S/c1-23-15-7-8-17(24-2)16(12-15)19-21(9-10-25-19)18(22)11-13-3-5-14(20)6-4-13/h3-8,12,19H,9-11H2,1-2H3. The Labute approximate surface area is 150 Å². The third kappa shape index (κ3) is 3.90. The van der Waals surface area contributed by atoms with E-state index >= 15 is 0 Å². The van der Waals surface area contributed by atoms with E-state index in [2.05, 4.69) is 0 Å². The Bertz CT molecular complexity index is 751. The summed E-state index contributed by atoms with van der Waals surface area (Å²) in [4.78, 5) is 14.6. The number of hydrogen-bond acceptors (Lipinski definition) is 4. The largest absolute Gasteiger partial charge is 0.497 e. The Balaban J connectivity index is 1.82. The molecule has 1 aliphatic rings. The highest BCUT2D eigenvalue weighted by atomic mass is 32.2. The summed E-state index contributed by atoms with van der Waals surface area (Å²) in [6.45, 7) is 0.676. The van der Waals surface area contributed by atoms with Crippen molar-refractivity contribution in [3.05, 3.63) is 59.4 Å². The van der Waals surface area contributed by atoms with Crippen molar-refractivity contribution in [2.75, 3.05) is 26.5 Å². The first-order chi connectivity index (χ1) is 12.1. The van der Waals surface area contributed by atoms with Gasteiger partial charge in [-0.2, -0.15) is 0 Å². The molecule has 3 rings (SSSR count). The van der Waals surface area contributed by atoms with Crippen LogP contribution in [0.1, 0.15) is 16.5 Å². The quantitative estimate of drug-likeness (QED) is 0.815. The highest BCUT2D eigenvalue weighted by molar-refractivity contribution is 7.99. The van der Waals surface area contributed by atoms with Gasteiger partial charge in [0.2, 0.25) is 5.91 Å². The zero-order valence-electron chi connectivity index (χ0n) is 14.2. The van der Waals surface area contributed by atoms with Gasteiger partial charge in [-0.3, -0.25) is 4.79 Å². The summed E-state index contributed by atoms with van der Waals surface area (Å²) in [5.41, 5.74) is 1.73. The molecule has 0 radical (unpaired) electrons. The lowest BCUT2D eigenvalue weighted by atomic mass is 10.1. The molecule has 4 nitrogen and oxygen atoms in total. The minimum absolute atomic E-state index is 0.0199. The molecule has 1 amide bonds. The molecule has 0 aromatic heterocycles. The highest BCUT2D eigenvalue weighted by Crippen LogP contribution is 2.43. The van der Waals surface area contributed by atoms with Gasteiger partial charge in [0.15, 0.2) is 0 Å². The molecule has 0 spiro atoms. The van der Waals surface area contributed by atoms with Crippen LogP contribution in [0.2, 0.25) is 0 Å².